The molecule has 162 valence electrons. The fourth-order valence-corrected chi connectivity index (χ4v) is 4.23. The van der Waals surface area contributed by atoms with E-state index in [4.69, 9.17) is 16.3 Å². The Morgan fingerprint density at radius 2 is 1.81 bits per heavy atom. The number of amides is 1. The van der Waals surface area contributed by atoms with Crippen molar-refractivity contribution in [2.45, 2.75) is 39.1 Å². The van der Waals surface area contributed by atoms with Gasteiger partial charge in [0.1, 0.15) is 0 Å². The number of carbonyl (C=O) groups is 1. The summed E-state index contributed by atoms with van der Waals surface area (Å²) < 4.78 is 5.84. The van der Waals surface area contributed by atoms with Gasteiger partial charge in [0.25, 0.3) is 5.91 Å². The van der Waals surface area contributed by atoms with Crippen LogP contribution < -0.4 is 5.32 Å². The van der Waals surface area contributed by atoms with E-state index >= 15 is 0 Å². The lowest BCUT2D eigenvalue weighted by molar-refractivity contribution is -0.0705. The van der Waals surface area contributed by atoms with E-state index in [0.717, 1.165) is 30.8 Å². The minimum atomic E-state index is -0.165. The Hall–Kier alpha value is -2.67. The van der Waals surface area contributed by atoms with Gasteiger partial charge in [0.2, 0.25) is 0 Å². The molecule has 0 bridgehead atoms. The zero-order valence-corrected chi connectivity index (χ0v) is 18.5. The summed E-state index contributed by atoms with van der Waals surface area (Å²) in [7, 11) is 0. The van der Waals surface area contributed by atoms with Crippen molar-refractivity contribution in [1.82, 2.24) is 20.4 Å². The summed E-state index contributed by atoms with van der Waals surface area (Å²) >= 11 is 5.98. The fourth-order valence-electron chi connectivity index (χ4n) is 4.10. The molecule has 2 atom stereocenters. The summed E-state index contributed by atoms with van der Waals surface area (Å²) in [5.74, 6) is -0.165. The monoisotopic (exact) mass is 438 g/mol. The zero-order chi connectivity index (χ0) is 21.8. The van der Waals surface area contributed by atoms with Crippen molar-refractivity contribution in [2.75, 3.05) is 13.1 Å². The first kappa shape index (κ1) is 21.6. The summed E-state index contributed by atoms with van der Waals surface area (Å²) in [6.07, 6.45) is 2.01. The number of ether oxygens (including phenoxy) is 1. The highest BCUT2D eigenvalue weighted by Gasteiger charge is 2.23. The summed E-state index contributed by atoms with van der Waals surface area (Å²) in [6, 6.07) is 15.6. The van der Waals surface area contributed by atoms with Crippen LogP contribution in [0.2, 0.25) is 5.02 Å². The highest BCUT2D eigenvalue weighted by atomic mass is 35.5. The lowest BCUT2D eigenvalue weighted by Crippen LogP contribution is -2.45. The van der Waals surface area contributed by atoms with Crippen LogP contribution in [0.3, 0.4) is 0 Å². The topological polar surface area (TPSA) is 70.2 Å². The van der Waals surface area contributed by atoms with Gasteiger partial charge in [-0.1, -0.05) is 48.0 Å². The number of aromatic amines is 1. The number of hydrogen-bond acceptors (Lipinski definition) is 4. The van der Waals surface area contributed by atoms with Gasteiger partial charge in [0.15, 0.2) is 0 Å². The van der Waals surface area contributed by atoms with Gasteiger partial charge < -0.3 is 10.1 Å². The number of aromatic nitrogens is 2. The Kier molecular flexibility index (Phi) is 6.70. The van der Waals surface area contributed by atoms with Crippen LogP contribution in [-0.2, 0) is 17.8 Å². The molecule has 2 N–H and O–H groups in total. The maximum atomic E-state index is 12.9. The van der Waals surface area contributed by atoms with Gasteiger partial charge in [0.05, 0.1) is 29.7 Å². The number of H-pyrrole nitrogens is 1. The molecule has 7 heteroatoms. The molecule has 31 heavy (non-hydrogen) atoms. The van der Waals surface area contributed by atoms with Crippen LogP contribution in [0.4, 0.5) is 0 Å². The molecule has 0 saturated carbocycles. The number of halogens is 1. The van der Waals surface area contributed by atoms with E-state index in [1.807, 2.05) is 24.3 Å². The lowest BCUT2D eigenvalue weighted by atomic mass is 10.1. The second kappa shape index (κ2) is 9.64. The standard InChI is InChI=1S/C24H27ClN4O2/c1-16-13-29(14-17(2)31-16)15-20-6-4-3-5-19(20)11-26-24(30)22-12-27-28-23(22)18-7-9-21(25)10-8-18/h3-10,12,16-17H,11,13-15H2,1-2H3,(H,26,30)(H,27,28). The van der Waals surface area contributed by atoms with Gasteiger partial charge in [-0.2, -0.15) is 5.10 Å². The fraction of sp³-hybridized carbons (Fsp3) is 0.333. The number of nitrogens with one attached hydrogen (secondary N) is 2. The highest BCUT2D eigenvalue weighted by molar-refractivity contribution is 6.30. The van der Waals surface area contributed by atoms with Gasteiger partial charge in [-0.25, -0.2) is 0 Å². The average molecular weight is 439 g/mol. The average Bonchev–Trinajstić information content (AvgIpc) is 3.23. The van der Waals surface area contributed by atoms with E-state index in [1.165, 1.54) is 5.56 Å². The van der Waals surface area contributed by atoms with Gasteiger partial charge >= 0.3 is 0 Å². The highest BCUT2D eigenvalue weighted by Crippen LogP contribution is 2.23. The zero-order valence-electron chi connectivity index (χ0n) is 17.8. The van der Waals surface area contributed by atoms with Gasteiger partial charge in [-0.3, -0.25) is 14.8 Å². The Morgan fingerprint density at radius 3 is 2.52 bits per heavy atom. The van der Waals surface area contributed by atoms with E-state index in [2.05, 4.69) is 46.4 Å². The van der Waals surface area contributed by atoms with E-state index in [1.54, 1.807) is 18.3 Å². The van der Waals surface area contributed by atoms with Crippen LogP contribution >= 0.6 is 11.6 Å². The predicted molar refractivity (Wildman–Crippen MR) is 122 cm³/mol. The second-order valence-corrected chi connectivity index (χ2v) is 8.50. The molecule has 1 aliphatic rings. The first-order valence-corrected chi connectivity index (χ1v) is 10.9. The van der Waals surface area contributed by atoms with Crippen molar-refractivity contribution in [2.24, 2.45) is 0 Å². The first-order valence-electron chi connectivity index (χ1n) is 10.5. The molecule has 0 spiro atoms. The van der Waals surface area contributed by atoms with E-state index < -0.39 is 0 Å². The van der Waals surface area contributed by atoms with Crippen molar-refractivity contribution in [3.63, 3.8) is 0 Å². The summed E-state index contributed by atoms with van der Waals surface area (Å²) in [4.78, 5) is 15.3. The maximum absolute atomic E-state index is 12.9. The van der Waals surface area contributed by atoms with Crippen molar-refractivity contribution in [3.05, 3.63) is 76.4 Å². The van der Waals surface area contributed by atoms with Crippen LogP contribution in [0.5, 0.6) is 0 Å². The third kappa shape index (κ3) is 5.34. The van der Waals surface area contributed by atoms with E-state index in [-0.39, 0.29) is 18.1 Å². The van der Waals surface area contributed by atoms with Crippen molar-refractivity contribution in [1.29, 1.82) is 0 Å². The smallest absolute Gasteiger partial charge is 0.255 e. The molecule has 0 radical (unpaired) electrons. The Morgan fingerprint density at radius 1 is 1.13 bits per heavy atom. The molecule has 3 aromatic rings. The third-order valence-corrected chi connectivity index (χ3v) is 5.72. The number of benzene rings is 2. The van der Waals surface area contributed by atoms with Crippen LogP contribution in [0.25, 0.3) is 11.3 Å². The molecule has 2 aromatic carbocycles. The number of morpholine rings is 1. The molecular formula is C24H27ClN4O2. The molecule has 1 aliphatic heterocycles. The second-order valence-electron chi connectivity index (χ2n) is 8.07. The predicted octanol–water partition coefficient (Wildman–Crippen LogP) is 4.27. The van der Waals surface area contributed by atoms with Crippen LogP contribution in [0, 0.1) is 0 Å². The van der Waals surface area contributed by atoms with Gasteiger partial charge in [-0.15, -0.1) is 0 Å². The summed E-state index contributed by atoms with van der Waals surface area (Å²) in [6.45, 7) is 7.33. The van der Waals surface area contributed by atoms with Crippen LogP contribution in [-0.4, -0.2) is 46.3 Å². The molecule has 1 saturated heterocycles. The molecule has 2 heterocycles. The largest absolute Gasteiger partial charge is 0.373 e. The Bertz CT molecular complexity index is 1020. The number of hydrogen-bond donors (Lipinski definition) is 2. The normalized spacial score (nSPS) is 19.3. The molecule has 1 fully saturated rings. The van der Waals surface area contributed by atoms with E-state index in [0.29, 0.717) is 22.8 Å². The van der Waals surface area contributed by atoms with Crippen molar-refractivity contribution in [3.8, 4) is 11.3 Å². The molecule has 4 rings (SSSR count). The quantitative estimate of drug-likeness (QED) is 0.603. The van der Waals surface area contributed by atoms with Crippen LogP contribution in [0.1, 0.15) is 35.3 Å². The number of carbonyl (C=O) groups excluding carboxylic acids is 1. The van der Waals surface area contributed by atoms with Gasteiger partial charge in [-0.05, 0) is 37.1 Å². The first-order chi connectivity index (χ1) is 15.0. The molecule has 0 aliphatic carbocycles. The Balaban J connectivity index is 1.44. The van der Waals surface area contributed by atoms with Crippen molar-refractivity contribution < 1.29 is 9.53 Å². The van der Waals surface area contributed by atoms with Crippen LogP contribution in [0.15, 0.2) is 54.7 Å². The molecule has 6 nitrogen and oxygen atoms in total. The minimum Gasteiger partial charge on any atom is -0.373 e. The molecular weight excluding hydrogens is 412 g/mol. The molecule has 1 aromatic heterocycles. The number of rotatable bonds is 6. The summed E-state index contributed by atoms with van der Waals surface area (Å²) in [5.41, 5.74) is 4.38. The lowest BCUT2D eigenvalue weighted by Gasteiger charge is -2.35. The molecule has 1 amide bonds. The third-order valence-electron chi connectivity index (χ3n) is 5.46. The minimum absolute atomic E-state index is 0.165. The SMILES string of the molecule is CC1CN(Cc2ccccc2CNC(=O)c2cn[nH]c2-c2ccc(Cl)cc2)CC(C)O1. The maximum Gasteiger partial charge on any atom is 0.255 e. The van der Waals surface area contributed by atoms with Gasteiger partial charge in [0, 0.05) is 36.8 Å². The summed E-state index contributed by atoms with van der Waals surface area (Å²) in [5, 5.41) is 10.7. The molecule has 2 unspecified atom stereocenters. The van der Waals surface area contributed by atoms with Crippen molar-refractivity contribution >= 4 is 17.5 Å². The number of nitrogens with zero attached hydrogens (tertiary/aromatic N) is 2. The van der Waals surface area contributed by atoms with E-state index in [9.17, 15) is 4.79 Å². The Labute approximate surface area is 187 Å².